The Kier molecular flexibility index (Phi) is 6.30. The van der Waals surface area contributed by atoms with Gasteiger partial charge in [0, 0.05) is 30.9 Å². The van der Waals surface area contributed by atoms with Crippen molar-refractivity contribution in [1.82, 2.24) is 10.5 Å². The number of hydrogen-bond acceptors (Lipinski definition) is 5. The Labute approximate surface area is 178 Å². The molecule has 6 nitrogen and oxygen atoms in total. The van der Waals surface area contributed by atoms with Crippen LogP contribution in [0.2, 0.25) is 0 Å². The molecule has 30 heavy (non-hydrogen) atoms. The summed E-state index contributed by atoms with van der Waals surface area (Å²) in [5.41, 5.74) is 1.30. The summed E-state index contributed by atoms with van der Waals surface area (Å²) < 4.78 is 16.1. The number of carbonyl (C=O) groups is 1. The molecule has 1 N–H and O–H groups in total. The second-order valence-corrected chi connectivity index (χ2v) is 8.80. The first-order valence-corrected chi connectivity index (χ1v) is 11.1. The van der Waals surface area contributed by atoms with Crippen LogP contribution in [0.5, 0.6) is 11.6 Å². The van der Waals surface area contributed by atoms with Gasteiger partial charge in [-0.1, -0.05) is 25.0 Å². The van der Waals surface area contributed by atoms with E-state index in [-0.39, 0.29) is 18.1 Å². The summed E-state index contributed by atoms with van der Waals surface area (Å²) in [5, 5.41) is 7.24. The normalized spacial score (nSPS) is 25.3. The van der Waals surface area contributed by atoms with Gasteiger partial charge in [0.25, 0.3) is 5.88 Å². The molecule has 4 rings (SSSR count). The van der Waals surface area contributed by atoms with Gasteiger partial charge in [-0.2, -0.15) is 0 Å². The Balaban J connectivity index is 1.37. The number of nitrogens with one attached hydrogen (secondary N) is 1. The van der Waals surface area contributed by atoms with Crippen LogP contribution in [-0.4, -0.2) is 30.3 Å². The topological polar surface area (TPSA) is 73.6 Å². The van der Waals surface area contributed by atoms with Crippen molar-refractivity contribution in [3.05, 3.63) is 41.7 Å². The van der Waals surface area contributed by atoms with Crippen LogP contribution in [0.3, 0.4) is 0 Å². The monoisotopic (exact) mass is 412 g/mol. The van der Waals surface area contributed by atoms with Crippen molar-refractivity contribution in [3.63, 3.8) is 0 Å². The van der Waals surface area contributed by atoms with Crippen molar-refractivity contribution in [2.24, 2.45) is 11.8 Å². The van der Waals surface area contributed by atoms with Crippen molar-refractivity contribution >= 4 is 5.91 Å². The zero-order valence-corrected chi connectivity index (χ0v) is 18.1. The van der Waals surface area contributed by atoms with E-state index >= 15 is 0 Å². The average molecular weight is 413 g/mol. The number of aryl methyl sites for hydroxylation is 1. The first-order valence-electron chi connectivity index (χ1n) is 11.1. The van der Waals surface area contributed by atoms with Crippen LogP contribution in [0.4, 0.5) is 0 Å². The van der Waals surface area contributed by atoms with Crippen LogP contribution in [0.25, 0.3) is 0 Å². The predicted molar refractivity (Wildman–Crippen MR) is 114 cm³/mol. The number of rotatable bonds is 8. The van der Waals surface area contributed by atoms with Gasteiger partial charge in [-0.25, -0.2) is 0 Å². The van der Waals surface area contributed by atoms with Crippen LogP contribution in [0.15, 0.2) is 34.9 Å². The van der Waals surface area contributed by atoms with Crippen LogP contribution < -0.4 is 14.8 Å². The highest BCUT2D eigenvalue weighted by Crippen LogP contribution is 2.54. The number of aromatic nitrogens is 1. The fourth-order valence-corrected chi connectivity index (χ4v) is 5.15. The number of benzene rings is 1. The fourth-order valence-electron chi connectivity index (χ4n) is 5.15. The van der Waals surface area contributed by atoms with Crippen molar-refractivity contribution in [2.45, 2.75) is 70.4 Å². The van der Waals surface area contributed by atoms with Gasteiger partial charge in [0.05, 0.1) is 13.2 Å². The van der Waals surface area contributed by atoms with E-state index in [2.05, 4.69) is 22.6 Å². The molecule has 2 unspecified atom stereocenters. The molecule has 0 saturated heterocycles. The second kappa shape index (κ2) is 9.11. The molecular formula is C24H32N2O4. The van der Waals surface area contributed by atoms with E-state index in [9.17, 15) is 4.79 Å². The predicted octanol–water partition coefficient (Wildman–Crippen LogP) is 4.49. The molecule has 0 radical (unpaired) electrons. The third-order valence-electron chi connectivity index (χ3n) is 6.50. The molecule has 2 fully saturated rings. The van der Waals surface area contributed by atoms with E-state index < -0.39 is 0 Å². The summed E-state index contributed by atoms with van der Waals surface area (Å²) in [5.74, 6) is 3.74. The molecule has 0 bridgehead atoms. The summed E-state index contributed by atoms with van der Waals surface area (Å²) in [4.78, 5) is 12.7. The van der Waals surface area contributed by atoms with Crippen LogP contribution in [-0.2, 0) is 11.2 Å². The Morgan fingerprint density at radius 1 is 1.20 bits per heavy atom. The molecule has 162 valence electrons. The zero-order chi connectivity index (χ0) is 21.1. The summed E-state index contributed by atoms with van der Waals surface area (Å²) >= 11 is 0. The summed E-state index contributed by atoms with van der Waals surface area (Å²) in [6, 6.07) is 10.3. The Morgan fingerprint density at radius 2 is 1.93 bits per heavy atom. The van der Waals surface area contributed by atoms with Gasteiger partial charge in [0.1, 0.15) is 11.5 Å². The Morgan fingerprint density at radius 3 is 2.63 bits per heavy atom. The lowest BCUT2D eigenvalue weighted by atomic mass is 9.53. The molecule has 0 spiro atoms. The van der Waals surface area contributed by atoms with Crippen molar-refractivity contribution < 1.29 is 18.8 Å². The molecule has 2 aliphatic carbocycles. The Hall–Kier alpha value is -2.50. The van der Waals surface area contributed by atoms with E-state index in [0.717, 1.165) is 5.75 Å². The van der Waals surface area contributed by atoms with Gasteiger partial charge in [-0.05, 0) is 61.4 Å². The molecule has 1 aromatic heterocycles. The first kappa shape index (κ1) is 20.8. The first-order chi connectivity index (χ1) is 14.5. The number of methoxy groups -OCH3 is 1. The fraction of sp³-hybridized carbons (Fsp3) is 0.583. The van der Waals surface area contributed by atoms with Gasteiger partial charge in [-0.15, -0.1) is 0 Å². The SMILES string of the molecule is COc1ccc([C@H]2C3CCCCC3[C@@H]2NC(=O)CCc2cc(OC(C)C)no2)cc1. The molecule has 0 aliphatic heterocycles. The van der Waals surface area contributed by atoms with Crippen LogP contribution in [0.1, 0.15) is 63.2 Å². The number of fused-ring (bicyclic) bond motifs is 1. The maximum Gasteiger partial charge on any atom is 0.254 e. The Bertz CT molecular complexity index is 845. The highest BCUT2D eigenvalue weighted by atomic mass is 16.5. The molecule has 2 aliphatic rings. The van der Waals surface area contributed by atoms with Crippen molar-refractivity contribution in [2.75, 3.05) is 7.11 Å². The molecule has 6 heteroatoms. The van der Waals surface area contributed by atoms with E-state index in [0.29, 0.717) is 42.2 Å². The molecular weight excluding hydrogens is 380 g/mol. The van der Waals surface area contributed by atoms with Crippen LogP contribution in [0, 0.1) is 11.8 Å². The zero-order valence-electron chi connectivity index (χ0n) is 18.1. The van der Waals surface area contributed by atoms with Crippen molar-refractivity contribution in [1.29, 1.82) is 0 Å². The molecule has 1 aromatic carbocycles. The second-order valence-electron chi connectivity index (χ2n) is 8.80. The van der Waals surface area contributed by atoms with Gasteiger partial charge in [0.2, 0.25) is 5.91 Å². The number of hydrogen-bond donors (Lipinski definition) is 1. The molecule has 2 aromatic rings. The van der Waals surface area contributed by atoms with E-state index in [1.165, 1.54) is 31.2 Å². The van der Waals surface area contributed by atoms with Crippen LogP contribution >= 0.6 is 0 Å². The summed E-state index contributed by atoms with van der Waals surface area (Å²) in [6.07, 6.45) is 5.97. The molecule has 1 heterocycles. The minimum Gasteiger partial charge on any atom is -0.497 e. The standard InChI is InChI=1S/C24H32N2O4/c1-15(2)29-22-14-18(30-26-22)12-13-21(27)25-24-20-7-5-4-6-19(20)23(24)16-8-10-17(28-3)11-9-16/h8-11,14-15,19-20,23-24H,4-7,12-13H2,1-3H3,(H,25,27)/t19?,20?,23-,24-/m0/s1. The van der Waals surface area contributed by atoms with Crippen molar-refractivity contribution in [3.8, 4) is 11.6 Å². The maximum atomic E-state index is 12.7. The number of ether oxygens (including phenoxy) is 2. The van der Waals surface area contributed by atoms with E-state index in [4.69, 9.17) is 14.0 Å². The van der Waals surface area contributed by atoms with Gasteiger partial charge in [-0.3, -0.25) is 4.79 Å². The quantitative estimate of drug-likeness (QED) is 0.691. The largest absolute Gasteiger partial charge is 0.497 e. The van der Waals surface area contributed by atoms with E-state index in [1.54, 1.807) is 13.2 Å². The van der Waals surface area contributed by atoms with Gasteiger partial charge < -0.3 is 19.3 Å². The summed E-state index contributed by atoms with van der Waals surface area (Å²) in [7, 11) is 1.69. The number of amides is 1. The minimum atomic E-state index is 0.0446. The highest BCUT2D eigenvalue weighted by Gasteiger charge is 2.51. The molecule has 4 atom stereocenters. The highest BCUT2D eigenvalue weighted by molar-refractivity contribution is 5.76. The lowest BCUT2D eigenvalue weighted by Crippen LogP contribution is -2.59. The number of nitrogens with zero attached hydrogens (tertiary/aromatic N) is 1. The third-order valence-corrected chi connectivity index (χ3v) is 6.50. The van der Waals surface area contributed by atoms with E-state index in [1.807, 2.05) is 26.0 Å². The van der Waals surface area contributed by atoms with Gasteiger partial charge >= 0.3 is 0 Å². The minimum absolute atomic E-state index is 0.0446. The molecule has 1 amide bonds. The lowest BCUT2D eigenvalue weighted by molar-refractivity contribution is -0.124. The number of carbonyl (C=O) groups excluding carboxylic acids is 1. The lowest BCUT2D eigenvalue weighted by Gasteiger charge is -2.55. The molecule has 2 saturated carbocycles. The van der Waals surface area contributed by atoms with Gasteiger partial charge in [0.15, 0.2) is 0 Å². The third kappa shape index (κ3) is 4.47. The summed E-state index contributed by atoms with van der Waals surface area (Å²) in [6.45, 7) is 3.89. The smallest absolute Gasteiger partial charge is 0.254 e. The maximum absolute atomic E-state index is 12.7. The average Bonchev–Trinajstić information content (AvgIpc) is 3.18.